The summed E-state index contributed by atoms with van der Waals surface area (Å²) >= 11 is 0.846. The topological polar surface area (TPSA) is 72.5 Å². The molecule has 3 rings (SSSR count). The van der Waals surface area contributed by atoms with Crippen LogP contribution in [0, 0.1) is 0 Å². The average Bonchev–Trinajstić information content (AvgIpc) is 3.05. The first-order chi connectivity index (χ1) is 13.6. The number of amides is 2. The lowest BCUT2D eigenvalue weighted by Crippen LogP contribution is -2.17. The zero-order chi connectivity index (χ0) is 20.5. The maximum Gasteiger partial charge on any atom is 0.290 e. The second kappa shape index (κ2) is 10.5. The maximum atomic E-state index is 12.7. The van der Waals surface area contributed by atoms with Crippen LogP contribution in [0.4, 0.5) is 4.79 Å². The fourth-order valence-corrected chi connectivity index (χ4v) is 3.33. The quantitative estimate of drug-likeness (QED) is 0.456. The summed E-state index contributed by atoms with van der Waals surface area (Å²) in [7, 11) is 6.01. The summed E-state index contributed by atoms with van der Waals surface area (Å²) in [6.07, 6.45) is 2.59. The monoisotopic (exact) mass is 393 g/mol. The van der Waals surface area contributed by atoms with E-state index >= 15 is 0 Å². The molecule has 0 aromatic heterocycles. The zero-order valence-corrected chi connectivity index (χ0v) is 16.5. The Kier molecular flexibility index (Phi) is 8.08. The van der Waals surface area contributed by atoms with Gasteiger partial charge in [-0.1, -0.05) is 43.2 Å². The van der Waals surface area contributed by atoms with Gasteiger partial charge in [0.15, 0.2) is 5.78 Å². The summed E-state index contributed by atoms with van der Waals surface area (Å²) < 4.78 is 5.30. The fraction of sp³-hybridized carbons (Fsp3) is 0.190. The van der Waals surface area contributed by atoms with Gasteiger partial charge in [0.25, 0.3) is 11.1 Å². The highest BCUT2D eigenvalue weighted by Crippen LogP contribution is 2.28. The third-order valence-electron chi connectivity index (χ3n) is 3.95. The SMILES string of the molecule is COc1ccc(C=C2SC(=O)NC2=O)cc1C(=O)CCc1ccccc1.[B]C. The van der Waals surface area contributed by atoms with E-state index in [4.69, 9.17) is 4.74 Å². The van der Waals surface area contributed by atoms with Crippen LogP contribution in [0.2, 0.25) is 6.82 Å². The molecular weight excluding hydrogens is 373 g/mol. The molecule has 0 unspecified atom stereocenters. The Balaban J connectivity index is 0.00000136. The molecule has 7 heteroatoms. The standard InChI is InChI=1S/C20H17NO4S.CH3B/c1-25-17-10-8-14(12-18-19(23)21-20(24)26-18)11-15(17)16(22)9-7-13-5-3-2-4-6-13;1-2/h2-6,8,10-12H,7,9H2,1H3,(H,21,23,24);1H3. The van der Waals surface area contributed by atoms with Crippen LogP contribution in [0.15, 0.2) is 53.4 Å². The second-order valence-corrected chi connectivity index (χ2v) is 6.74. The predicted octanol–water partition coefficient (Wildman–Crippen LogP) is 4.04. The molecule has 1 heterocycles. The van der Waals surface area contributed by atoms with E-state index in [1.165, 1.54) is 13.9 Å². The number of ether oxygens (including phenoxy) is 1. The Hall–Kier alpha value is -2.80. The number of hydrogen-bond acceptors (Lipinski definition) is 5. The van der Waals surface area contributed by atoms with Crippen molar-refractivity contribution < 1.29 is 19.1 Å². The van der Waals surface area contributed by atoms with E-state index in [0.717, 1.165) is 17.3 Å². The van der Waals surface area contributed by atoms with Crippen LogP contribution in [0.3, 0.4) is 0 Å². The minimum absolute atomic E-state index is 0.0365. The van der Waals surface area contributed by atoms with Crippen molar-refractivity contribution in [2.75, 3.05) is 7.11 Å². The van der Waals surface area contributed by atoms with E-state index in [2.05, 4.69) is 13.2 Å². The summed E-state index contributed by atoms with van der Waals surface area (Å²) in [6.45, 7) is 1.50. The van der Waals surface area contributed by atoms with Gasteiger partial charge in [-0.3, -0.25) is 19.7 Å². The summed E-state index contributed by atoms with van der Waals surface area (Å²) in [5.41, 5.74) is 2.23. The van der Waals surface area contributed by atoms with E-state index in [9.17, 15) is 14.4 Å². The molecule has 0 saturated carbocycles. The van der Waals surface area contributed by atoms with Crippen LogP contribution in [0.1, 0.15) is 27.9 Å². The molecule has 28 heavy (non-hydrogen) atoms. The molecule has 2 radical (unpaired) electrons. The van der Waals surface area contributed by atoms with Gasteiger partial charge in [-0.25, -0.2) is 0 Å². The first kappa shape index (κ1) is 21.5. The molecule has 1 saturated heterocycles. The normalized spacial score (nSPS) is 14.3. The molecule has 0 aliphatic carbocycles. The van der Waals surface area contributed by atoms with E-state index < -0.39 is 11.1 Å². The number of rotatable bonds is 6. The fourth-order valence-electron chi connectivity index (χ4n) is 2.64. The molecule has 2 amide bonds. The van der Waals surface area contributed by atoms with Crippen molar-refractivity contribution in [3.05, 3.63) is 70.1 Å². The highest BCUT2D eigenvalue weighted by atomic mass is 32.2. The first-order valence-corrected chi connectivity index (χ1v) is 9.46. The summed E-state index contributed by atoms with van der Waals surface area (Å²) in [6, 6.07) is 14.9. The number of benzene rings is 2. The lowest BCUT2D eigenvalue weighted by Gasteiger charge is -2.09. The van der Waals surface area contributed by atoms with Crippen molar-refractivity contribution in [1.82, 2.24) is 5.32 Å². The van der Waals surface area contributed by atoms with Crippen molar-refractivity contribution in [3.8, 4) is 5.75 Å². The number of carbonyl (C=O) groups excluding carboxylic acids is 3. The van der Waals surface area contributed by atoms with Gasteiger partial charge in [-0.2, -0.15) is 0 Å². The largest absolute Gasteiger partial charge is 0.496 e. The summed E-state index contributed by atoms with van der Waals surface area (Å²) in [4.78, 5) is 35.9. The molecular formula is C21H20BNO4S. The van der Waals surface area contributed by atoms with E-state index in [0.29, 0.717) is 34.6 Å². The van der Waals surface area contributed by atoms with Crippen LogP contribution in [-0.2, 0) is 11.2 Å². The average molecular weight is 393 g/mol. The number of aryl methyl sites for hydroxylation is 1. The molecule has 1 aliphatic rings. The number of imide groups is 1. The Labute approximate surface area is 170 Å². The van der Waals surface area contributed by atoms with Crippen molar-refractivity contribution in [1.29, 1.82) is 0 Å². The molecule has 0 bridgehead atoms. The Morgan fingerprint density at radius 1 is 1.14 bits per heavy atom. The third-order valence-corrected chi connectivity index (χ3v) is 4.76. The molecule has 2 aromatic rings. The Bertz CT molecular complexity index is 897. The third kappa shape index (κ3) is 5.60. The van der Waals surface area contributed by atoms with Gasteiger partial charge in [0.2, 0.25) is 0 Å². The highest BCUT2D eigenvalue weighted by Gasteiger charge is 2.25. The molecule has 142 valence electrons. The minimum Gasteiger partial charge on any atom is -0.496 e. The van der Waals surface area contributed by atoms with Gasteiger partial charge in [-0.15, -0.1) is 0 Å². The van der Waals surface area contributed by atoms with E-state index in [1.807, 2.05) is 30.3 Å². The number of ketones is 1. The number of nitrogens with one attached hydrogen (secondary N) is 1. The molecule has 1 fully saturated rings. The molecule has 2 aromatic carbocycles. The van der Waals surface area contributed by atoms with Crippen LogP contribution in [0.25, 0.3) is 6.08 Å². The second-order valence-electron chi connectivity index (χ2n) is 5.72. The number of hydrogen-bond donors (Lipinski definition) is 1. The molecule has 5 nitrogen and oxygen atoms in total. The number of thioether (sulfide) groups is 1. The summed E-state index contributed by atoms with van der Waals surface area (Å²) in [5, 5.41) is 1.82. The van der Waals surface area contributed by atoms with Gasteiger partial charge < -0.3 is 4.74 Å². The lowest BCUT2D eigenvalue weighted by molar-refractivity contribution is -0.115. The maximum absolute atomic E-state index is 12.7. The van der Waals surface area contributed by atoms with Gasteiger partial charge in [0.1, 0.15) is 5.75 Å². The van der Waals surface area contributed by atoms with Crippen molar-refractivity contribution >= 4 is 42.6 Å². The van der Waals surface area contributed by atoms with E-state index in [-0.39, 0.29) is 5.78 Å². The molecule has 1 N–H and O–H groups in total. The van der Waals surface area contributed by atoms with Crippen molar-refractivity contribution in [3.63, 3.8) is 0 Å². The van der Waals surface area contributed by atoms with Crippen LogP contribution >= 0.6 is 11.8 Å². The smallest absolute Gasteiger partial charge is 0.290 e. The van der Waals surface area contributed by atoms with Crippen molar-refractivity contribution in [2.24, 2.45) is 0 Å². The minimum atomic E-state index is -0.423. The Morgan fingerprint density at radius 3 is 2.46 bits per heavy atom. The summed E-state index contributed by atoms with van der Waals surface area (Å²) in [5.74, 6) is 0.0307. The first-order valence-electron chi connectivity index (χ1n) is 8.64. The van der Waals surface area contributed by atoms with Gasteiger partial charge in [-0.05, 0) is 47.5 Å². The number of carbonyl (C=O) groups is 3. The zero-order valence-electron chi connectivity index (χ0n) is 15.7. The molecule has 0 atom stereocenters. The van der Waals surface area contributed by atoms with Gasteiger partial charge in [0.05, 0.1) is 25.4 Å². The van der Waals surface area contributed by atoms with Gasteiger partial charge in [0, 0.05) is 6.42 Å². The number of methoxy groups -OCH3 is 1. The van der Waals surface area contributed by atoms with E-state index in [1.54, 1.807) is 24.3 Å². The molecule has 0 spiro atoms. The number of Topliss-reactive ketones (excluding diaryl/α,β-unsaturated/α-hetero) is 1. The van der Waals surface area contributed by atoms with Crippen LogP contribution in [0.5, 0.6) is 5.75 Å². The predicted molar refractivity (Wildman–Crippen MR) is 113 cm³/mol. The van der Waals surface area contributed by atoms with Crippen LogP contribution in [-0.4, -0.2) is 31.9 Å². The Morgan fingerprint density at radius 2 is 1.86 bits per heavy atom. The van der Waals surface area contributed by atoms with Crippen molar-refractivity contribution in [2.45, 2.75) is 19.7 Å². The molecule has 1 aliphatic heterocycles. The lowest BCUT2D eigenvalue weighted by atomic mass is 10.00. The van der Waals surface area contributed by atoms with Gasteiger partial charge >= 0.3 is 0 Å². The highest BCUT2D eigenvalue weighted by molar-refractivity contribution is 8.18. The van der Waals surface area contributed by atoms with Crippen LogP contribution < -0.4 is 10.1 Å².